The Labute approximate surface area is 222 Å². The maximum absolute atomic E-state index is 13.7. The second-order valence-electron chi connectivity index (χ2n) is 11.6. The van der Waals surface area contributed by atoms with Gasteiger partial charge < -0.3 is 20.2 Å². The molecule has 0 aromatic carbocycles. The van der Waals surface area contributed by atoms with Gasteiger partial charge in [0.25, 0.3) is 0 Å². The van der Waals surface area contributed by atoms with Crippen molar-refractivity contribution in [1.29, 1.82) is 0 Å². The zero-order valence-corrected chi connectivity index (χ0v) is 24.0. The van der Waals surface area contributed by atoms with E-state index in [0.29, 0.717) is 25.0 Å². The molecule has 37 heavy (non-hydrogen) atoms. The Morgan fingerprint density at radius 1 is 0.919 bits per heavy atom. The summed E-state index contributed by atoms with van der Waals surface area (Å²) in [6.45, 7) is 15.0. The van der Waals surface area contributed by atoms with Crippen LogP contribution in [-0.4, -0.2) is 93.8 Å². The molecule has 0 aromatic rings. The second-order valence-corrected chi connectivity index (χ2v) is 11.6. The molecule has 2 fully saturated rings. The van der Waals surface area contributed by atoms with Crippen LogP contribution in [0.5, 0.6) is 0 Å². The van der Waals surface area contributed by atoms with Gasteiger partial charge >= 0.3 is 5.97 Å². The van der Waals surface area contributed by atoms with Crippen LogP contribution >= 0.6 is 0 Å². The van der Waals surface area contributed by atoms with Crippen molar-refractivity contribution in [3.63, 3.8) is 0 Å². The standard InChI is InChI=1S/C28H48N4O5/c1-17(2)23(16-20(7)26(34)32-15-11-13-22(32)28(36)37)30(8)27(35)24(18(3)4)29-25(33)21-12-9-10-14-31(21)19(5)6/h16-19,21-24H,9-15H2,1-8H3,(H,29,33)(H,36,37)/b20-16+/t21?,22?,23-,24?/m1/s1. The third-order valence-corrected chi connectivity index (χ3v) is 7.78. The van der Waals surface area contributed by atoms with Crippen LogP contribution in [0, 0.1) is 11.8 Å². The second kappa shape index (κ2) is 13.4. The number of rotatable bonds is 10. The SMILES string of the molecule is C/C(=C\[C@H](C(C)C)N(C)C(=O)C(NC(=O)C1CCCCN1C(C)C)C(C)C)C(=O)N1CCCC1C(=O)O. The Hall–Kier alpha value is -2.42. The summed E-state index contributed by atoms with van der Waals surface area (Å²) >= 11 is 0. The lowest BCUT2D eigenvalue weighted by atomic mass is 9.95. The highest BCUT2D eigenvalue weighted by Gasteiger charge is 2.37. The first kappa shape index (κ1) is 30.8. The van der Waals surface area contributed by atoms with E-state index in [4.69, 9.17) is 0 Å². The minimum absolute atomic E-state index is 0.00356. The lowest BCUT2D eigenvalue weighted by Crippen LogP contribution is -2.58. The Morgan fingerprint density at radius 2 is 1.54 bits per heavy atom. The highest BCUT2D eigenvalue weighted by molar-refractivity contribution is 5.96. The van der Waals surface area contributed by atoms with E-state index in [1.165, 1.54) is 4.90 Å². The number of hydrogen-bond acceptors (Lipinski definition) is 5. The van der Waals surface area contributed by atoms with Gasteiger partial charge in [-0.05, 0) is 64.8 Å². The van der Waals surface area contributed by atoms with Gasteiger partial charge in [-0.2, -0.15) is 0 Å². The molecule has 4 atom stereocenters. The fraction of sp³-hybridized carbons (Fsp3) is 0.786. The molecular formula is C28H48N4O5. The number of likely N-dealkylation sites (tertiary alicyclic amines) is 2. The molecule has 210 valence electrons. The van der Waals surface area contributed by atoms with Crippen LogP contribution in [0.3, 0.4) is 0 Å². The molecule has 3 amide bonds. The molecule has 9 nitrogen and oxygen atoms in total. The van der Waals surface area contributed by atoms with Crippen molar-refractivity contribution in [2.45, 2.75) is 111 Å². The van der Waals surface area contributed by atoms with Gasteiger partial charge in [-0.25, -0.2) is 4.79 Å². The summed E-state index contributed by atoms with van der Waals surface area (Å²) in [4.78, 5) is 56.9. The number of hydrogen-bond donors (Lipinski definition) is 2. The molecule has 0 spiro atoms. The number of likely N-dealkylation sites (N-methyl/N-ethyl adjacent to an activating group) is 1. The van der Waals surface area contributed by atoms with E-state index in [9.17, 15) is 24.3 Å². The van der Waals surface area contributed by atoms with E-state index in [1.54, 1.807) is 24.9 Å². The molecule has 2 rings (SSSR count). The molecule has 2 saturated heterocycles. The van der Waals surface area contributed by atoms with Crippen LogP contribution in [0.4, 0.5) is 0 Å². The average molecular weight is 521 g/mol. The van der Waals surface area contributed by atoms with Crippen molar-refractivity contribution in [3.05, 3.63) is 11.6 Å². The lowest BCUT2D eigenvalue weighted by Gasteiger charge is -2.39. The third-order valence-electron chi connectivity index (χ3n) is 7.78. The zero-order valence-electron chi connectivity index (χ0n) is 24.0. The van der Waals surface area contributed by atoms with Crippen LogP contribution in [-0.2, 0) is 19.2 Å². The summed E-state index contributed by atoms with van der Waals surface area (Å²) in [5.74, 6) is -1.72. The van der Waals surface area contributed by atoms with E-state index in [0.717, 1.165) is 25.8 Å². The highest BCUT2D eigenvalue weighted by Crippen LogP contribution is 2.23. The maximum atomic E-state index is 13.7. The zero-order chi connectivity index (χ0) is 28.0. The topological polar surface area (TPSA) is 110 Å². The Kier molecular flexibility index (Phi) is 11.2. The van der Waals surface area contributed by atoms with Gasteiger partial charge in [0.1, 0.15) is 12.1 Å². The van der Waals surface area contributed by atoms with Crippen molar-refractivity contribution in [3.8, 4) is 0 Å². The number of nitrogens with one attached hydrogen (secondary N) is 1. The van der Waals surface area contributed by atoms with Gasteiger partial charge in [-0.3, -0.25) is 19.3 Å². The van der Waals surface area contributed by atoms with Crippen molar-refractivity contribution in [1.82, 2.24) is 20.0 Å². The Morgan fingerprint density at radius 3 is 2.08 bits per heavy atom. The minimum Gasteiger partial charge on any atom is -0.480 e. The smallest absolute Gasteiger partial charge is 0.326 e. The summed E-state index contributed by atoms with van der Waals surface area (Å²) in [6, 6.07) is -1.87. The van der Waals surface area contributed by atoms with E-state index >= 15 is 0 Å². The quantitative estimate of drug-likeness (QED) is 0.429. The molecule has 9 heteroatoms. The molecule has 0 saturated carbocycles. The predicted molar refractivity (Wildman–Crippen MR) is 144 cm³/mol. The maximum Gasteiger partial charge on any atom is 0.326 e. The first-order valence-electron chi connectivity index (χ1n) is 13.8. The van der Waals surface area contributed by atoms with Crippen LogP contribution in [0.25, 0.3) is 0 Å². The summed E-state index contributed by atoms with van der Waals surface area (Å²) < 4.78 is 0. The van der Waals surface area contributed by atoms with Crippen molar-refractivity contribution >= 4 is 23.7 Å². The van der Waals surface area contributed by atoms with E-state index in [1.807, 2.05) is 27.7 Å². The molecule has 2 aliphatic rings. The van der Waals surface area contributed by atoms with Crippen molar-refractivity contribution in [2.75, 3.05) is 20.1 Å². The highest BCUT2D eigenvalue weighted by atomic mass is 16.4. The van der Waals surface area contributed by atoms with Gasteiger partial charge in [0, 0.05) is 25.2 Å². The van der Waals surface area contributed by atoms with Crippen LogP contribution in [0.1, 0.15) is 80.6 Å². The summed E-state index contributed by atoms with van der Waals surface area (Å²) in [6.07, 6.45) is 5.73. The number of carboxylic acids is 1. The van der Waals surface area contributed by atoms with Crippen molar-refractivity contribution in [2.24, 2.45) is 11.8 Å². The van der Waals surface area contributed by atoms with Crippen LogP contribution < -0.4 is 5.32 Å². The third kappa shape index (κ3) is 7.55. The Bertz CT molecular complexity index is 869. The summed E-state index contributed by atoms with van der Waals surface area (Å²) in [7, 11) is 1.71. The normalized spacial score (nSPS) is 22.9. The van der Waals surface area contributed by atoms with E-state index in [-0.39, 0.29) is 47.7 Å². The number of carbonyl (C=O) groups excluding carboxylic acids is 3. The molecule has 3 unspecified atom stereocenters. The van der Waals surface area contributed by atoms with Gasteiger partial charge in [-0.15, -0.1) is 0 Å². The number of piperidine rings is 1. The Balaban J connectivity index is 2.21. The first-order valence-corrected chi connectivity index (χ1v) is 13.8. The van der Waals surface area contributed by atoms with Gasteiger partial charge in [0.15, 0.2) is 0 Å². The van der Waals surface area contributed by atoms with Crippen LogP contribution in [0.2, 0.25) is 0 Å². The van der Waals surface area contributed by atoms with Crippen LogP contribution in [0.15, 0.2) is 11.6 Å². The van der Waals surface area contributed by atoms with Gasteiger partial charge in [-0.1, -0.05) is 40.2 Å². The molecular weight excluding hydrogens is 472 g/mol. The molecule has 2 N–H and O–H groups in total. The van der Waals surface area contributed by atoms with Crippen molar-refractivity contribution < 1.29 is 24.3 Å². The summed E-state index contributed by atoms with van der Waals surface area (Å²) in [5, 5.41) is 12.5. The van der Waals surface area contributed by atoms with Gasteiger partial charge in [0.2, 0.25) is 17.7 Å². The fourth-order valence-corrected chi connectivity index (χ4v) is 5.55. The average Bonchev–Trinajstić information content (AvgIpc) is 3.34. The largest absolute Gasteiger partial charge is 0.480 e. The molecule has 0 bridgehead atoms. The number of carboxylic acid groups (broad SMARTS) is 1. The first-order chi connectivity index (χ1) is 17.3. The molecule has 2 aliphatic heterocycles. The number of carbonyl (C=O) groups is 4. The lowest BCUT2D eigenvalue weighted by molar-refractivity contribution is -0.146. The molecule has 0 aromatic heterocycles. The molecule has 0 radical (unpaired) electrons. The molecule has 0 aliphatic carbocycles. The fourth-order valence-electron chi connectivity index (χ4n) is 5.55. The number of aliphatic carboxylic acids is 1. The van der Waals surface area contributed by atoms with E-state index in [2.05, 4.69) is 24.1 Å². The summed E-state index contributed by atoms with van der Waals surface area (Å²) in [5.41, 5.74) is 0.423. The predicted octanol–water partition coefficient (Wildman–Crippen LogP) is 2.90. The van der Waals surface area contributed by atoms with Gasteiger partial charge in [0.05, 0.1) is 12.1 Å². The number of nitrogens with zero attached hydrogens (tertiary/aromatic N) is 3. The molecule has 2 heterocycles. The minimum atomic E-state index is -0.990. The number of amides is 3. The van der Waals surface area contributed by atoms with E-state index < -0.39 is 18.1 Å². The monoisotopic (exact) mass is 520 g/mol.